The van der Waals surface area contributed by atoms with Crippen molar-refractivity contribution in [3.63, 3.8) is 0 Å². The van der Waals surface area contributed by atoms with Crippen LogP contribution in [-0.4, -0.2) is 19.1 Å². The van der Waals surface area contributed by atoms with Crippen molar-refractivity contribution >= 4 is 11.6 Å². The molecule has 0 bridgehead atoms. The standard InChI is InChI=1S/C19H23N3O2/c1-12-4-7-15(10-13(12)2)20-19(23)18-11-17(21-22-18)14-5-8-16(24-3)9-6-14/h4-10,17-18,21-22H,11H2,1-3H3,(H,20,23). The van der Waals surface area contributed by atoms with Crippen LogP contribution < -0.4 is 20.9 Å². The van der Waals surface area contributed by atoms with Gasteiger partial charge in [-0.2, -0.15) is 0 Å². The van der Waals surface area contributed by atoms with Gasteiger partial charge in [0.1, 0.15) is 11.8 Å². The van der Waals surface area contributed by atoms with Gasteiger partial charge in [-0.15, -0.1) is 0 Å². The van der Waals surface area contributed by atoms with E-state index in [-0.39, 0.29) is 18.0 Å². The quantitative estimate of drug-likeness (QED) is 0.809. The summed E-state index contributed by atoms with van der Waals surface area (Å²) in [6.07, 6.45) is 0.697. The van der Waals surface area contributed by atoms with Crippen molar-refractivity contribution in [3.8, 4) is 5.75 Å². The van der Waals surface area contributed by atoms with E-state index in [0.29, 0.717) is 6.42 Å². The zero-order valence-corrected chi connectivity index (χ0v) is 14.2. The van der Waals surface area contributed by atoms with E-state index < -0.39 is 0 Å². The third-order valence-corrected chi connectivity index (χ3v) is 4.51. The molecule has 1 aliphatic rings. The molecule has 3 N–H and O–H groups in total. The van der Waals surface area contributed by atoms with Crippen LogP contribution in [0.3, 0.4) is 0 Å². The molecular weight excluding hydrogens is 302 g/mol. The van der Waals surface area contributed by atoms with Crippen LogP contribution in [0.4, 0.5) is 5.69 Å². The van der Waals surface area contributed by atoms with Gasteiger partial charge < -0.3 is 10.1 Å². The van der Waals surface area contributed by atoms with E-state index in [4.69, 9.17) is 4.74 Å². The van der Waals surface area contributed by atoms with Crippen LogP contribution in [0, 0.1) is 13.8 Å². The SMILES string of the molecule is COc1ccc(C2CC(C(=O)Nc3ccc(C)c(C)c3)NN2)cc1. The van der Waals surface area contributed by atoms with E-state index in [1.165, 1.54) is 11.1 Å². The van der Waals surface area contributed by atoms with Crippen molar-refractivity contribution in [1.29, 1.82) is 0 Å². The van der Waals surface area contributed by atoms with E-state index in [1.54, 1.807) is 7.11 Å². The molecule has 1 heterocycles. The number of benzene rings is 2. The second-order valence-corrected chi connectivity index (χ2v) is 6.19. The first-order chi connectivity index (χ1) is 11.6. The number of hydrazine groups is 1. The van der Waals surface area contributed by atoms with Crippen LogP contribution in [0.5, 0.6) is 5.75 Å². The van der Waals surface area contributed by atoms with Crippen LogP contribution in [-0.2, 0) is 4.79 Å². The second kappa shape index (κ2) is 7.03. The summed E-state index contributed by atoms with van der Waals surface area (Å²) in [6.45, 7) is 4.10. The van der Waals surface area contributed by atoms with Crippen molar-refractivity contribution in [2.75, 3.05) is 12.4 Å². The third kappa shape index (κ3) is 3.58. The van der Waals surface area contributed by atoms with Gasteiger partial charge in [-0.05, 0) is 61.2 Å². The van der Waals surface area contributed by atoms with Crippen molar-refractivity contribution in [1.82, 2.24) is 10.9 Å². The summed E-state index contributed by atoms with van der Waals surface area (Å²) in [4.78, 5) is 12.5. The number of hydrogen-bond donors (Lipinski definition) is 3. The molecule has 1 saturated heterocycles. The van der Waals surface area contributed by atoms with Gasteiger partial charge in [-0.3, -0.25) is 4.79 Å². The highest BCUT2D eigenvalue weighted by Gasteiger charge is 2.30. The van der Waals surface area contributed by atoms with Crippen LogP contribution in [0.15, 0.2) is 42.5 Å². The Balaban J connectivity index is 1.61. The van der Waals surface area contributed by atoms with Crippen molar-refractivity contribution in [3.05, 3.63) is 59.2 Å². The number of amides is 1. The summed E-state index contributed by atoms with van der Waals surface area (Å²) in [6, 6.07) is 13.7. The fourth-order valence-corrected chi connectivity index (χ4v) is 2.83. The normalized spacial score (nSPS) is 20.0. The molecule has 1 aliphatic heterocycles. The van der Waals surface area contributed by atoms with Gasteiger partial charge in [-0.1, -0.05) is 18.2 Å². The molecule has 126 valence electrons. The molecule has 2 unspecified atom stereocenters. The number of hydrogen-bond acceptors (Lipinski definition) is 4. The maximum Gasteiger partial charge on any atom is 0.242 e. The summed E-state index contributed by atoms with van der Waals surface area (Å²) in [5, 5.41) is 2.98. The maximum absolute atomic E-state index is 12.5. The average molecular weight is 325 g/mol. The number of nitrogens with one attached hydrogen (secondary N) is 3. The Morgan fingerprint density at radius 2 is 1.83 bits per heavy atom. The van der Waals surface area contributed by atoms with Gasteiger partial charge in [0.25, 0.3) is 0 Å². The lowest BCUT2D eigenvalue weighted by atomic mass is 10.0. The molecule has 2 atom stereocenters. The summed E-state index contributed by atoms with van der Waals surface area (Å²) in [7, 11) is 1.65. The highest BCUT2D eigenvalue weighted by atomic mass is 16.5. The lowest BCUT2D eigenvalue weighted by molar-refractivity contribution is -0.117. The molecule has 0 aromatic heterocycles. The van der Waals surface area contributed by atoms with Crippen molar-refractivity contribution in [2.24, 2.45) is 0 Å². The molecule has 0 aliphatic carbocycles. The van der Waals surface area contributed by atoms with E-state index >= 15 is 0 Å². The van der Waals surface area contributed by atoms with Gasteiger partial charge in [0.15, 0.2) is 0 Å². The molecule has 0 spiro atoms. The van der Waals surface area contributed by atoms with Crippen LogP contribution in [0.25, 0.3) is 0 Å². The minimum Gasteiger partial charge on any atom is -0.497 e. The van der Waals surface area contributed by atoms with Gasteiger partial charge >= 0.3 is 0 Å². The van der Waals surface area contributed by atoms with Gasteiger partial charge in [0.05, 0.1) is 7.11 Å². The van der Waals surface area contributed by atoms with Crippen LogP contribution in [0.2, 0.25) is 0 Å². The molecule has 5 heteroatoms. The van der Waals surface area contributed by atoms with E-state index in [0.717, 1.165) is 17.0 Å². The van der Waals surface area contributed by atoms with Crippen LogP contribution >= 0.6 is 0 Å². The zero-order chi connectivity index (χ0) is 17.1. The first kappa shape index (κ1) is 16.5. The molecule has 3 rings (SSSR count). The topological polar surface area (TPSA) is 62.4 Å². The molecule has 2 aromatic carbocycles. The molecule has 0 saturated carbocycles. The first-order valence-electron chi connectivity index (χ1n) is 8.10. The highest BCUT2D eigenvalue weighted by molar-refractivity contribution is 5.95. The average Bonchev–Trinajstić information content (AvgIpc) is 3.08. The lowest BCUT2D eigenvalue weighted by Crippen LogP contribution is -2.39. The Hall–Kier alpha value is -2.37. The number of rotatable bonds is 4. The van der Waals surface area contributed by atoms with E-state index in [1.807, 2.05) is 49.4 Å². The first-order valence-corrected chi connectivity index (χ1v) is 8.10. The van der Waals surface area contributed by atoms with E-state index in [2.05, 4.69) is 23.1 Å². The largest absolute Gasteiger partial charge is 0.497 e. The Kier molecular flexibility index (Phi) is 4.83. The van der Waals surface area contributed by atoms with E-state index in [9.17, 15) is 4.79 Å². The molecule has 24 heavy (non-hydrogen) atoms. The third-order valence-electron chi connectivity index (χ3n) is 4.51. The number of carbonyl (C=O) groups excluding carboxylic acids is 1. The minimum atomic E-state index is -0.265. The van der Waals surface area contributed by atoms with Crippen molar-refractivity contribution in [2.45, 2.75) is 32.4 Å². The molecule has 1 amide bonds. The highest BCUT2D eigenvalue weighted by Crippen LogP contribution is 2.25. The fraction of sp³-hybridized carbons (Fsp3) is 0.316. The summed E-state index contributed by atoms with van der Waals surface area (Å²) >= 11 is 0. The summed E-state index contributed by atoms with van der Waals surface area (Å²) in [5.74, 6) is 0.801. The monoisotopic (exact) mass is 325 g/mol. The number of carbonyl (C=O) groups is 1. The molecule has 1 fully saturated rings. The van der Waals surface area contributed by atoms with Gasteiger partial charge in [0.2, 0.25) is 5.91 Å². The number of ether oxygens (including phenoxy) is 1. The molecule has 0 radical (unpaired) electrons. The Labute approximate surface area is 142 Å². The van der Waals surface area contributed by atoms with Gasteiger partial charge in [0, 0.05) is 11.7 Å². The Morgan fingerprint density at radius 1 is 1.08 bits per heavy atom. The summed E-state index contributed by atoms with van der Waals surface area (Å²) < 4.78 is 5.18. The number of methoxy groups -OCH3 is 1. The molecular formula is C19H23N3O2. The minimum absolute atomic E-state index is 0.0261. The predicted molar refractivity (Wildman–Crippen MR) is 95.0 cm³/mol. The number of aryl methyl sites for hydroxylation is 2. The molecule has 2 aromatic rings. The zero-order valence-electron chi connectivity index (χ0n) is 14.2. The second-order valence-electron chi connectivity index (χ2n) is 6.19. The van der Waals surface area contributed by atoms with Crippen molar-refractivity contribution < 1.29 is 9.53 Å². The smallest absolute Gasteiger partial charge is 0.242 e. The Bertz CT molecular complexity index is 728. The van der Waals surface area contributed by atoms with Gasteiger partial charge in [-0.25, -0.2) is 10.9 Å². The Morgan fingerprint density at radius 3 is 2.50 bits per heavy atom. The molecule has 5 nitrogen and oxygen atoms in total. The maximum atomic E-state index is 12.5. The fourth-order valence-electron chi connectivity index (χ4n) is 2.83. The number of anilines is 1. The summed E-state index contributed by atoms with van der Waals surface area (Å²) in [5.41, 5.74) is 10.6. The predicted octanol–water partition coefficient (Wildman–Crippen LogP) is 2.86. The van der Waals surface area contributed by atoms with Crippen LogP contribution in [0.1, 0.15) is 29.2 Å². The lowest BCUT2D eigenvalue weighted by Gasteiger charge is -2.12.